The van der Waals surface area contributed by atoms with E-state index in [1.54, 1.807) is 6.07 Å². The Morgan fingerprint density at radius 2 is 1.60 bits per heavy atom. The first-order valence-electron chi connectivity index (χ1n) is 8.22. The van der Waals surface area contributed by atoms with Crippen LogP contribution in [0.5, 0.6) is 0 Å². The summed E-state index contributed by atoms with van der Waals surface area (Å²) in [5, 5.41) is 2.37. The number of halogens is 4. The Balaban J connectivity index is 2.53. The van der Waals surface area contributed by atoms with Gasteiger partial charge in [0.05, 0.1) is 0 Å². The summed E-state index contributed by atoms with van der Waals surface area (Å²) in [5.41, 5.74) is -5.71. The summed E-state index contributed by atoms with van der Waals surface area (Å²) in [7, 11) is -4.78. The van der Waals surface area contributed by atoms with Gasteiger partial charge in [0.2, 0.25) is 0 Å². The molecule has 12 heteroatoms. The van der Waals surface area contributed by atoms with Crippen molar-refractivity contribution in [3.8, 4) is 0 Å². The van der Waals surface area contributed by atoms with E-state index in [4.69, 9.17) is 0 Å². The molecule has 2 rings (SSSR count). The second-order valence-electron chi connectivity index (χ2n) is 5.71. The van der Waals surface area contributed by atoms with Crippen LogP contribution in [0, 0.1) is 7.14 Å². The van der Waals surface area contributed by atoms with E-state index in [-0.39, 0.29) is 12.7 Å². The van der Waals surface area contributed by atoms with Gasteiger partial charge in [-0.2, -0.15) is 0 Å². The minimum absolute atomic E-state index is 0.0234. The summed E-state index contributed by atoms with van der Waals surface area (Å²) in [6, 6.07) is 12.0. The molecule has 2 aromatic rings. The van der Waals surface area contributed by atoms with E-state index in [0.29, 0.717) is 0 Å². The van der Waals surface area contributed by atoms with Crippen molar-refractivity contribution in [3.63, 3.8) is 0 Å². The zero-order chi connectivity index (χ0) is 22.5. The number of methoxy groups -OCH3 is 1. The van der Waals surface area contributed by atoms with Gasteiger partial charge in [0.1, 0.15) is 0 Å². The zero-order valence-electron chi connectivity index (χ0n) is 15.6. The van der Waals surface area contributed by atoms with Crippen LogP contribution in [0.3, 0.4) is 0 Å². The third-order valence-electron chi connectivity index (χ3n) is 3.57. The summed E-state index contributed by atoms with van der Waals surface area (Å²) in [4.78, 5) is 24.2. The Bertz CT molecular complexity index is 1010. The fourth-order valence-corrected chi connectivity index (χ4v) is 8.98. The molecule has 164 valence electrons. The van der Waals surface area contributed by atoms with Crippen molar-refractivity contribution in [1.82, 2.24) is 5.32 Å². The van der Waals surface area contributed by atoms with E-state index in [9.17, 15) is 31.2 Å². The molecular weight excluding hydrogens is 542 g/mol. The maximum atomic E-state index is 13.0. The fraction of sp³-hybridized carbons (Fsp3) is 0.222. The number of alkyl halides is 3. The molecule has 0 saturated heterocycles. The molecule has 0 heterocycles. The maximum absolute atomic E-state index is 13.0. The van der Waals surface area contributed by atoms with Crippen LogP contribution in [-0.4, -0.2) is 39.0 Å². The molecule has 1 atom stereocenters. The van der Waals surface area contributed by atoms with Gasteiger partial charge in [-0.1, -0.05) is 0 Å². The number of hydrogen-bond donors (Lipinski definition) is 1. The molecule has 0 spiro atoms. The monoisotopic (exact) mass is 559 g/mol. The predicted octanol–water partition coefficient (Wildman–Crippen LogP) is 3.30. The second-order valence-corrected chi connectivity index (χ2v) is 12.1. The first-order valence-corrected chi connectivity index (χ1v) is 12.7. The van der Waals surface area contributed by atoms with Gasteiger partial charge in [-0.05, 0) is 0 Å². The topological polar surface area (TPSA) is 98.8 Å². The van der Waals surface area contributed by atoms with Gasteiger partial charge in [-0.25, -0.2) is 0 Å². The minimum atomic E-state index is -5.91. The zero-order valence-corrected chi connectivity index (χ0v) is 18.6. The molecule has 0 aromatic heterocycles. The molecule has 0 saturated carbocycles. The number of hydrogen-bond acceptors (Lipinski definition) is 6. The van der Waals surface area contributed by atoms with E-state index in [0.717, 1.165) is 7.11 Å². The molecule has 2 aromatic carbocycles. The number of ether oxygens (including phenoxy) is 1. The number of carbonyl (C=O) groups is 2. The van der Waals surface area contributed by atoms with Crippen LogP contribution in [0.4, 0.5) is 13.2 Å². The Morgan fingerprint density at radius 3 is 2.17 bits per heavy atom. The van der Waals surface area contributed by atoms with Gasteiger partial charge in [-0.3, -0.25) is 0 Å². The van der Waals surface area contributed by atoms with Crippen molar-refractivity contribution in [2.75, 3.05) is 7.11 Å². The van der Waals surface area contributed by atoms with Gasteiger partial charge in [-0.15, -0.1) is 0 Å². The molecule has 0 bridgehead atoms. The van der Waals surface area contributed by atoms with Crippen molar-refractivity contribution in [2.24, 2.45) is 0 Å². The fourth-order valence-electron chi connectivity index (χ4n) is 2.14. The van der Waals surface area contributed by atoms with Crippen LogP contribution < -0.4 is 5.32 Å². The number of nitrogens with one attached hydrogen (secondary N) is 1. The van der Waals surface area contributed by atoms with Gasteiger partial charge < -0.3 is 0 Å². The Kier molecular flexibility index (Phi) is 7.82. The molecule has 1 N–H and O–H groups in total. The number of rotatable bonds is 7. The Labute approximate surface area is 178 Å². The van der Waals surface area contributed by atoms with Crippen molar-refractivity contribution < 1.29 is 38.4 Å². The quantitative estimate of drug-likeness (QED) is 0.318. The second kappa shape index (κ2) is 9.75. The molecule has 0 aliphatic carbocycles. The van der Waals surface area contributed by atoms with E-state index in [2.05, 4.69) is 12.6 Å². The van der Waals surface area contributed by atoms with Crippen LogP contribution in [0.15, 0.2) is 54.6 Å². The first kappa shape index (κ1) is 24.1. The molecule has 30 heavy (non-hydrogen) atoms. The average Bonchev–Trinajstić information content (AvgIpc) is 2.71. The van der Waals surface area contributed by atoms with Crippen molar-refractivity contribution in [2.45, 2.75) is 18.5 Å². The van der Waals surface area contributed by atoms with E-state index in [1.165, 1.54) is 55.5 Å². The molecule has 0 aliphatic rings. The Morgan fingerprint density at radius 1 is 1.03 bits per heavy atom. The van der Waals surface area contributed by atoms with Crippen LogP contribution >= 0.6 is 20.2 Å². The van der Waals surface area contributed by atoms with Crippen molar-refractivity contribution in [1.29, 1.82) is 0 Å². The number of carbonyl (C=O) groups excluding carboxylic acids is 2. The van der Waals surface area contributed by atoms with E-state index >= 15 is 0 Å². The normalized spacial score (nSPS) is 13.3. The molecule has 0 fully saturated rings. The number of amides is 1. The Hall–Kier alpha value is -2.19. The van der Waals surface area contributed by atoms with E-state index in [1.807, 2.05) is 0 Å². The predicted molar refractivity (Wildman–Crippen MR) is 109 cm³/mol. The third-order valence-corrected chi connectivity index (χ3v) is 10.8. The van der Waals surface area contributed by atoms with Crippen molar-refractivity contribution in [3.05, 3.63) is 67.3 Å². The SMILES string of the molecule is COC(=O)C(C)NC(=O)c1ccccc1I(OS(=O)(=O)C(F)(F)F)c1ccccc1. The molecule has 0 radical (unpaired) electrons. The standard InChI is InChI=1S/C18H17F3INO6S/c1-12(17(25)28-2)23-16(24)14-10-6-7-11-15(14)22(13-8-4-3-5-9-13)29-30(26,27)18(19,20)21/h3-12H,1-2H3,(H,23,24). The van der Waals surface area contributed by atoms with Gasteiger partial charge >= 0.3 is 179 Å². The molecule has 0 aliphatic heterocycles. The summed E-state index contributed by atoms with van der Waals surface area (Å²) in [6.07, 6.45) is 0. The molecule has 1 amide bonds. The summed E-state index contributed by atoms with van der Waals surface area (Å²) in [5.74, 6) is -1.51. The molecular formula is C18H17F3INO6S. The van der Waals surface area contributed by atoms with Crippen LogP contribution in [-0.2, 0) is 22.2 Å². The summed E-state index contributed by atoms with van der Waals surface area (Å²) < 4.78 is 71.8. The van der Waals surface area contributed by atoms with Gasteiger partial charge in [0.25, 0.3) is 0 Å². The summed E-state index contributed by atoms with van der Waals surface area (Å²) >= 11 is -3.76. The first-order chi connectivity index (χ1) is 14.0. The van der Waals surface area contributed by atoms with Crippen LogP contribution in [0.25, 0.3) is 0 Å². The van der Waals surface area contributed by atoms with E-state index < -0.39 is 53.8 Å². The number of benzene rings is 2. The number of esters is 1. The van der Waals surface area contributed by atoms with Gasteiger partial charge in [0.15, 0.2) is 0 Å². The third kappa shape index (κ3) is 5.70. The average molecular weight is 559 g/mol. The summed E-state index contributed by atoms with van der Waals surface area (Å²) in [6.45, 7) is 1.37. The van der Waals surface area contributed by atoms with Gasteiger partial charge in [0, 0.05) is 0 Å². The van der Waals surface area contributed by atoms with Crippen LogP contribution in [0.2, 0.25) is 0 Å². The molecule has 1 unspecified atom stereocenters. The van der Waals surface area contributed by atoms with Crippen LogP contribution in [0.1, 0.15) is 17.3 Å². The molecule has 7 nitrogen and oxygen atoms in total. The van der Waals surface area contributed by atoms with Crippen molar-refractivity contribution >= 4 is 42.2 Å².